The van der Waals surface area contributed by atoms with Crippen LogP contribution >= 0.6 is 0 Å². The fourth-order valence-corrected chi connectivity index (χ4v) is 3.38. The Morgan fingerprint density at radius 3 is 2.28 bits per heavy atom. The van der Waals surface area contributed by atoms with E-state index >= 15 is 0 Å². The molecular weight excluding hydrogens is 465 g/mol. The van der Waals surface area contributed by atoms with Gasteiger partial charge in [-0.15, -0.1) is 0 Å². The fourth-order valence-electron chi connectivity index (χ4n) is 3.38. The third-order valence-corrected chi connectivity index (χ3v) is 5.15. The van der Waals surface area contributed by atoms with E-state index in [1.54, 1.807) is 12.1 Å². The van der Waals surface area contributed by atoms with Crippen LogP contribution in [0, 0.1) is 5.82 Å². The molecule has 4 rings (SSSR count). The molecule has 2 amide bonds. The predicted octanol–water partition coefficient (Wildman–Crippen LogP) is 3.06. The normalized spacial score (nSPS) is 11.6. The van der Waals surface area contributed by atoms with E-state index in [1.807, 2.05) is 48.5 Å². The average Bonchev–Trinajstić information content (AvgIpc) is 3.38. The number of benzene rings is 3. The monoisotopic (exact) mass is 489 g/mol. The van der Waals surface area contributed by atoms with Crippen molar-refractivity contribution >= 4 is 11.8 Å². The summed E-state index contributed by atoms with van der Waals surface area (Å²) >= 11 is 0. The molecule has 3 N–H and O–H groups in total. The van der Waals surface area contributed by atoms with Crippen LogP contribution in [0.15, 0.2) is 85.2 Å². The lowest BCUT2D eigenvalue weighted by Gasteiger charge is -2.16. The molecule has 0 fully saturated rings. The highest BCUT2D eigenvalue weighted by Crippen LogP contribution is 2.26. The van der Waals surface area contributed by atoms with Crippen LogP contribution in [0.4, 0.5) is 4.39 Å². The Morgan fingerprint density at radius 2 is 1.61 bits per heavy atom. The molecule has 1 atom stereocenters. The molecule has 0 radical (unpaired) electrons. The Morgan fingerprint density at radius 1 is 0.944 bits per heavy atom. The largest absolute Gasteiger partial charge is 0.457 e. The van der Waals surface area contributed by atoms with Crippen molar-refractivity contribution in [1.82, 2.24) is 20.3 Å². The lowest BCUT2D eigenvalue weighted by molar-refractivity contribution is -0.129. The van der Waals surface area contributed by atoms with Crippen LogP contribution in [0.1, 0.15) is 5.56 Å². The van der Waals surface area contributed by atoms with E-state index in [-0.39, 0.29) is 25.6 Å². The van der Waals surface area contributed by atoms with E-state index in [4.69, 9.17) is 15.2 Å². The van der Waals surface area contributed by atoms with E-state index in [0.717, 1.165) is 16.7 Å². The maximum absolute atomic E-state index is 13.1. The molecule has 184 valence electrons. The van der Waals surface area contributed by atoms with Crippen LogP contribution in [0.5, 0.6) is 11.5 Å². The number of nitrogens with zero attached hydrogens (tertiary/aromatic N) is 3. The Labute approximate surface area is 206 Å². The summed E-state index contributed by atoms with van der Waals surface area (Å²) in [7, 11) is 0. The van der Waals surface area contributed by atoms with Crippen LogP contribution in [-0.2, 0) is 27.5 Å². The SMILES string of the molecule is NC(=O)C(COCc1cccc(-c2ccc(Oc3ccc(F)cc3)cc2)c1)NC(=O)Cn1nccn1. The number of halogens is 1. The second-order valence-corrected chi connectivity index (χ2v) is 7.88. The molecule has 1 heterocycles. The van der Waals surface area contributed by atoms with Crippen molar-refractivity contribution in [2.75, 3.05) is 6.61 Å². The minimum absolute atomic E-state index is 0.0761. The average molecular weight is 490 g/mol. The van der Waals surface area contributed by atoms with Gasteiger partial charge in [0.25, 0.3) is 0 Å². The summed E-state index contributed by atoms with van der Waals surface area (Å²) in [5.41, 5.74) is 8.23. The highest BCUT2D eigenvalue weighted by atomic mass is 19.1. The van der Waals surface area contributed by atoms with Crippen LogP contribution in [-0.4, -0.2) is 39.5 Å². The maximum Gasteiger partial charge on any atom is 0.244 e. The number of hydrogen-bond donors (Lipinski definition) is 2. The number of carbonyl (C=O) groups excluding carboxylic acids is 2. The topological polar surface area (TPSA) is 121 Å². The summed E-state index contributed by atoms with van der Waals surface area (Å²) in [6, 6.07) is 20.1. The summed E-state index contributed by atoms with van der Waals surface area (Å²) in [6.07, 6.45) is 2.90. The van der Waals surface area contributed by atoms with E-state index in [0.29, 0.717) is 11.5 Å². The molecule has 0 aliphatic heterocycles. The first kappa shape index (κ1) is 24.6. The van der Waals surface area contributed by atoms with Crippen molar-refractivity contribution in [2.45, 2.75) is 19.2 Å². The minimum Gasteiger partial charge on any atom is -0.457 e. The number of primary amides is 1. The van der Waals surface area contributed by atoms with Crippen molar-refractivity contribution in [3.8, 4) is 22.6 Å². The number of amides is 2. The Bertz CT molecular complexity index is 1290. The van der Waals surface area contributed by atoms with E-state index in [2.05, 4.69) is 15.5 Å². The summed E-state index contributed by atoms with van der Waals surface area (Å²) in [4.78, 5) is 25.0. The molecule has 0 saturated carbocycles. The first-order valence-electron chi connectivity index (χ1n) is 11.1. The van der Waals surface area contributed by atoms with Crippen molar-refractivity contribution in [2.24, 2.45) is 5.73 Å². The standard InChI is InChI=1S/C26H24FN5O4/c27-21-6-10-23(11-7-21)36-22-8-4-19(5-9-22)20-3-1-2-18(14-20)16-35-17-24(26(28)34)31-25(33)15-32-29-12-13-30-32/h1-14,24H,15-17H2,(H2,28,34)(H,31,33). The molecule has 0 bridgehead atoms. The third kappa shape index (κ3) is 6.97. The first-order valence-corrected chi connectivity index (χ1v) is 11.1. The van der Waals surface area contributed by atoms with Gasteiger partial charge in [-0.2, -0.15) is 15.0 Å². The second-order valence-electron chi connectivity index (χ2n) is 7.88. The highest BCUT2D eigenvalue weighted by molar-refractivity contribution is 5.86. The van der Waals surface area contributed by atoms with Crippen molar-refractivity contribution < 1.29 is 23.5 Å². The number of ether oxygens (including phenoxy) is 2. The molecule has 4 aromatic rings. The molecule has 1 aromatic heterocycles. The molecule has 3 aromatic carbocycles. The minimum atomic E-state index is -0.982. The number of carbonyl (C=O) groups is 2. The molecule has 0 aliphatic carbocycles. The van der Waals surface area contributed by atoms with Gasteiger partial charge >= 0.3 is 0 Å². The molecular formula is C26H24FN5O4. The van der Waals surface area contributed by atoms with Gasteiger partial charge in [-0.3, -0.25) is 9.59 Å². The summed E-state index contributed by atoms with van der Waals surface area (Å²) < 4.78 is 24.5. The van der Waals surface area contributed by atoms with E-state index in [1.165, 1.54) is 29.3 Å². The Kier molecular flexibility index (Phi) is 7.99. The summed E-state index contributed by atoms with van der Waals surface area (Å²) in [5.74, 6) is -0.292. The molecule has 36 heavy (non-hydrogen) atoms. The Balaban J connectivity index is 1.31. The van der Waals surface area contributed by atoms with Gasteiger partial charge in [-0.05, 0) is 59.2 Å². The van der Waals surface area contributed by atoms with Gasteiger partial charge in [0, 0.05) is 0 Å². The van der Waals surface area contributed by atoms with Gasteiger partial charge in [0.05, 0.1) is 25.6 Å². The predicted molar refractivity (Wildman–Crippen MR) is 129 cm³/mol. The number of nitrogens with one attached hydrogen (secondary N) is 1. The van der Waals surface area contributed by atoms with Gasteiger partial charge < -0.3 is 20.5 Å². The van der Waals surface area contributed by atoms with Crippen LogP contribution < -0.4 is 15.8 Å². The zero-order valence-electron chi connectivity index (χ0n) is 19.2. The fraction of sp³-hybridized carbons (Fsp3) is 0.154. The van der Waals surface area contributed by atoms with Gasteiger partial charge in [0.15, 0.2) is 0 Å². The van der Waals surface area contributed by atoms with Crippen LogP contribution in [0.2, 0.25) is 0 Å². The number of rotatable bonds is 11. The third-order valence-electron chi connectivity index (χ3n) is 5.15. The summed E-state index contributed by atoms with van der Waals surface area (Å²) in [6.45, 7) is 0.0137. The van der Waals surface area contributed by atoms with Crippen molar-refractivity contribution in [3.63, 3.8) is 0 Å². The molecule has 0 saturated heterocycles. The molecule has 10 heteroatoms. The number of hydrogen-bond acceptors (Lipinski definition) is 6. The second kappa shape index (κ2) is 11.7. The van der Waals surface area contributed by atoms with Gasteiger partial charge in [0.1, 0.15) is 29.9 Å². The highest BCUT2D eigenvalue weighted by Gasteiger charge is 2.19. The number of nitrogens with two attached hydrogens (primary N) is 1. The smallest absolute Gasteiger partial charge is 0.244 e. The van der Waals surface area contributed by atoms with Gasteiger partial charge in [-0.25, -0.2) is 4.39 Å². The zero-order valence-corrected chi connectivity index (χ0v) is 19.2. The van der Waals surface area contributed by atoms with Crippen molar-refractivity contribution in [3.05, 3.63) is 96.6 Å². The molecule has 0 aliphatic rings. The Hall–Kier alpha value is -4.57. The first-order chi connectivity index (χ1) is 17.5. The number of aromatic nitrogens is 3. The van der Waals surface area contributed by atoms with E-state index < -0.39 is 17.9 Å². The quantitative estimate of drug-likeness (QED) is 0.334. The molecule has 0 spiro atoms. The van der Waals surface area contributed by atoms with Crippen LogP contribution in [0.25, 0.3) is 11.1 Å². The summed E-state index contributed by atoms with van der Waals surface area (Å²) in [5, 5.41) is 10.2. The van der Waals surface area contributed by atoms with Gasteiger partial charge in [-0.1, -0.05) is 30.3 Å². The molecule has 9 nitrogen and oxygen atoms in total. The lowest BCUT2D eigenvalue weighted by atomic mass is 10.0. The van der Waals surface area contributed by atoms with Crippen LogP contribution in [0.3, 0.4) is 0 Å². The van der Waals surface area contributed by atoms with Crippen molar-refractivity contribution in [1.29, 1.82) is 0 Å². The maximum atomic E-state index is 13.1. The lowest BCUT2D eigenvalue weighted by Crippen LogP contribution is -2.48. The molecule has 1 unspecified atom stereocenters. The van der Waals surface area contributed by atoms with E-state index in [9.17, 15) is 14.0 Å². The van der Waals surface area contributed by atoms with Gasteiger partial charge in [0.2, 0.25) is 11.8 Å². The zero-order chi connectivity index (χ0) is 25.3.